The van der Waals surface area contributed by atoms with Gasteiger partial charge in [0.15, 0.2) is 0 Å². The zero-order valence-electron chi connectivity index (χ0n) is 21.9. The minimum Gasteiger partial charge on any atom is -0.443 e. The molecule has 2 amide bonds. The van der Waals surface area contributed by atoms with E-state index in [0.717, 1.165) is 28.1 Å². The summed E-state index contributed by atoms with van der Waals surface area (Å²) in [6.07, 6.45) is 0.414. The number of carbonyl (C=O) groups is 2. The second-order valence-electron chi connectivity index (χ2n) is 10.9. The van der Waals surface area contributed by atoms with Crippen LogP contribution in [0, 0.1) is 6.92 Å². The lowest BCUT2D eigenvalue weighted by atomic mass is 9.72. The first-order valence-electron chi connectivity index (χ1n) is 12.8. The average molecular weight is 496 g/mol. The van der Waals surface area contributed by atoms with Crippen LogP contribution in [0.4, 0.5) is 16.2 Å². The van der Waals surface area contributed by atoms with Crippen molar-refractivity contribution in [1.82, 2.24) is 4.90 Å². The summed E-state index contributed by atoms with van der Waals surface area (Å²) in [6.45, 7) is 8.73. The predicted molar refractivity (Wildman–Crippen MR) is 146 cm³/mol. The number of ether oxygens (including phenoxy) is 1. The maximum absolute atomic E-state index is 13.7. The molecule has 1 saturated heterocycles. The van der Waals surface area contributed by atoms with Crippen LogP contribution >= 0.6 is 0 Å². The van der Waals surface area contributed by atoms with Crippen molar-refractivity contribution in [3.8, 4) is 0 Å². The van der Waals surface area contributed by atoms with Gasteiger partial charge in [0.2, 0.25) is 5.91 Å². The third kappa shape index (κ3) is 4.88. The Bertz CT molecular complexity index is 1350. The highest BCUT2D eigenvalue weighted by Gasteiger charge is 2.55. The fraction of sp³-hybridized carbons (Fsp3) is 0.323. The predicted octanol–water partition coefficient (Wildman–Crippen LogP) is 6.54. The summed E-state index contributed by atoms with van der Waals surface area (Å²) in [4.78, 5) is 35.9. The fourth-order valence-corrected chi connectivity index (χ4v) is 5.25. The molecule has 0 aromatic heterocycles. The molecule has 6 heteroatoms. The van der Waals surface area contributed by atoms with Gasteiger partial charge in [0.1, 0.15) is 11.4 Å². The molecule has 2 heterocycles. The van der Waals surface area contributed by atoms with Crippen LogP contribution in [0.1, 0.15) is 50.3 Å². The number of aliphatic imine (C=N–C) groups is 1. The molecule has 3 aromatic carbocycles. The third-order valence-corrected chi connectivity index (χ3v) is 6.95. The average Bonchev–Trinajstić information content (AvgIpc) is 3.09. The highest BCUT2D eigenvalue weighted by molar-refractivity contribution is 6.25. The SMILES string of the molecule is Cc1ccc2c(c1)C1(CCN(Cc3ccccc3)C(=O)C1)C(=Nc1ccccc1)N2C(=O)OC(C)(C)C. The van der Waals surface area contributed by atoms with Crippen LogP contribution in [0.25, 0.3) is 0 Å². The van der Waals surface area contributed by atoms with E-state index < -0.39 is 17.1 Å². The van der Waals surface area contributed by atoms with E-state index in [9.17, 15) is 9.59 Å². The van der Waals surface area contributed by atoms with E-state index in [1.165, 1.54) is 0 Å². The Labute approximate surface area is 218 Å². The number of likely N-dealkylation sites (tertiary alicyclic amines) is 1. The number of amides is 2. The van der Waals surface area contributed by atoms with Crippen LogP contribution in [-0.2, 0) is 21.5 Å². The van der Waals surface area contributed by atoms with Crippen LogP contribution in [0.2, 0.25) is 0 Å². The van der Waals surface area contributed by atoms with Crippen molar-refractivity contribution >= 4 is 29.2 Å². The Morgan fingerprint density at radius 3 is 2.32 bits per heavy atom. The molecule has 0 bridgehead atoms. The molecule has 1 spiro atoms. The zero-order valence-corrected chi connectivity index (χ0v) is 21.9. The van der Waals surface area contributed by atoms with Crippen molar-refractivity contribution < 1.29 is 14.3 Å². The van der Waals surface area contributed by atoms with Gasteiger partial charge in [0.05, 0.1) is 16.8 Å². The largest absolute Gasteiger partial charge is 0.443 e. The highest BCUT2D eigenvalue weighted by atomic mass is 16.6. The van der Waals surface area contributed by atoms with Crippen LogP contribution in [0.3, 0.4) is 0 Å². The third-order valence-electron chi connectivity index (χ3n) is 6.95. The van der Waals surface area contributed by atoms with Crippen molar-refractivity contribution in [2.45, 2.75) is 58.1 Å². The summed E-state index contributed by atoms with van der Waals surface area (Å²) >= 11 is 0. The molecule has 0 N–H and O–H groups in total. The van der Waals surface area contributed by atoms with E-state index in [1.807, 2.05) is 105 Å². The molecule has 37 heavy (non-hydrogen) atoms. The van der Waals surface area contributed by atoms with Gasteiger partial charge in [-0.05, 0) is 63.4 Å². The molecule has 0 radical (unpaired) electrons. The van der Waals surface area contributed by atoms with E-state index in [0.29, 0.717) is 25.3 Å². The lowest BCUT2D eigenvalue weighted by molar-refractivity contribution is -0.135. The van der Waals surface area contributed by atoms with Crippen LogP contribution in [0.15, 0.2) is 83.9 Å². The second-order valence-corrected chi connectivity index (χ2v) is 10.9. The summed E-state index contributed by atoms with van der Waals surface area (Å²) in [5, 5.41) is 0. The maximum Gasteiger partial charge on any atom is 0.420 e. The fourth-order valence-electron chi connectivity index (χ4n) is 5.25. The highest BCUT2D eigenvalue weighted by Crippen LogP contribution is 2.50. The summed E-state index contributed by atoms with van der Waals surface area (Å²) < 4.78 is 5.85. The lowest BCUT2D eigenvalue weighted by Crippen LogP contribution is -2.52. The smallest absolute Gasteiger partial charge is 0.420 e. The van der Waals surface area contributed by atoms with Crippen LogP contribution < -0.4 is 4.90 Å². The van der Waals surface area contributed by atoms with Gasteiger partial charge in [-0.3, -0.25) is 4.79 Å². The maximum atomic E-state index is 13.7. The van der Waals surface area contributed by atoms with E-state index in [-0.39, 0.29) is 12.3 Å². The van der Waals surface area contributed by atoms with Crippen molar-refractivity contribution in [2.75, 3.05) is 11.4 Å². The number of carbonyl (C=O) groups excluding carboxylic acids is 2. The Morgan fingerprint density at radius 2 is 1.68 bits per heavy atom. The summed E-state index contributed by atoms with van der Waals surface area (Å²) in [5.41, 5.74) is 3.20. The molecule has 0 saturated carbocycles. The second kappa shape index (κ2) is 9.51. The van der Waals surface area contributed by atoms with E-state index >= 15 is 0 Å². The summed E-state index contributed by atoms with van der Waals surface area (Å²) in [7, 11) is 0. The molecule has 1 fully saturated rings. The molecule has 5 rings (SSSR count). The van der Waals surface area contributed by atoms with Crippen molar-refractivity contribution in [3.05, 3.63) is 95.6 Å². The molecular formula is C31H33N3O3. The molecule has 190 valence electrons. The molecule has 2 aliphatic rings. The van der Waals surface area contributed by atoms with Crippen LogP contribution in [0.5, 0.6) is 0 Å². The standard InChI is InChI=1S/C31H33N3O3/c1-22-15-16-26-25(19-22)31(17-18-33(27(35)20-31)21-23-11-7-5-8-12-23)28(32-24-13-9-6-10-14-24)34(26)29(36)37-30(2,3)4/h5-16,19H,17-18,20-21H2,1-4H3. The van der Waals surface area contributed by atoms with Crippen molar-refractivity contribution in [2.24, 2.45) is 4.99 Å². The summed E-state index contributed by atoms with van der Waals surface area (Å²) in [5.74, 6) is 0.607. The molecule has 6 nitrogen and oxygen atoms in total. The minimum atomic E-state index is -0.724. The van der Waals surface area contributed by atoms with Gasteiger partial charge in [0, 0.05) is 19.5 Å². The van der Waals surface area contributed by atoms with Gasteiger partial charge >= 0.3 is 6.09 Å². The number of piperidine rings is 1. The Kier molecular flexibility index (Phi) is 6.36. The number of nitrogens with zero attached hydrogens (tertiary/aromatic N) is 3. The van der Waals surface area contributed by atoms with Gasteiger partial charge in [-0.1, -0.05) is 66.2 Å². The molecule has 3 aromatic rings. The normalized spacial score (nSPS) is 20.4. The summed E-state index contributed by atoms with van der Waals surface area (Å²) in [6, 6.07) is 25.7. The van der Waals surface area contributed by atoms with E-state index in [1.54, 1.807) is 4.90 Å². The van der Waals surface area contributed by atoms with Crippen molar-refractivity contribution in [3.63, 3.8) is 0 Å². The van der Waals surface area contributed by atoms with Gasteiger partial charge < -0.3 is 9.64 Å². The first kappa shape index (κ1) is 24.8. The van der Waals surface area contributed by atoms with Gasteiger partial charge in [-0.2, -0.15) is 0 Å². The monoisotopic (exact) mass is 495 g/mol. The molecule has 1 atom stereocenters. The number of fused-ring (bicyclic) bond motifs is 2. The van der Waals surface area contributed by atoms with Gasteiger partial charge in [-0.25, -0.2) is 14.7 Å². The number of hydrogen-bond acceptors (Lipinski definition) is 4. The number of anilines is 1. The Morgan fingerprint density at radius 1 is 1.00 bits per heavy atom. The number of para-hydroxylation sites is 1. The number of benzene rings is 3. The quantitative estimate of drug-likeness (QED) is 0.414. The topological polar surface area (TPSA) is 62.2 Å². The number of hydrogen-bond donors (Lipinski definition) is 0. The van der Waals surface area contributed by atoms with E-state index in [4.69, 9.17) is 9.73 Å². The molecular weight excluding hydrogens is 462 g/mol. The van der Waals surface area contributed by atoms with Gasteiger partial charge in [0.25, 0.3) is 0 Å². The zero-order chi connectivity index (χ0) is 26.2. The van der Waals surface area contributed by atoms with Gasteiger partial charge in [-0.15, -0.1) is 0 Å². The molecule has 1 unspecified atom stereocenters. The number of rotatable bonds is 3. The molecule has 0 aliphatic carbocycles. The Hall–Kier alpha value is -3.93. The van der Waals surface area contributed by atoms with E-state index in [2.05, 4.69) is 6.07 Å². The first-order chi connectivity index (χ1) is 17.7. The van der Waals surface area contributed by atoms with Crippen molar-refractivity contribution in [1.29, 1.82) is 0 Å². The lowest BCUT2D eigenvalue weighted by Gasteiger charge is -2.40. The van der Waals surface area contributed by atoms with Crippen LogP contribution in [-0.4, -0.2) is 34.9 Å². The molecule has 2 aliphatic heterocycles. The first-order valence-corrected chi connectivity index (χ1v) is 12.8. The number of aryl methyl sites for hydroxylation is 1. The number of amidine groups is 1. The Balaban J connectivity index is 1.60. The minimum absolute atomic E-state index is 0.0503.